The number of halogens is 3. The van der Waals surface area contributed by atoms with Gasteiger partial charge in [-0.05, 0) is 69.8 Å². The van der Waals surface area contributed by atoms with Crippen LogP contribution in [0.2, 0.25) is 0 Å². The van der Waals surface area contributed by atoms with Gasteiger partial charge in [0.2, 0.25) is 11.9 Å². The van der Waals surface area contributed by atoms with Gasteiger partial charge in [0.25, 0.3) is 0 Å². The summed E-state index contributed by atoms with van der Waals surface area (Å²) in [5.74, 6) is 0.252. The molecule has 224 valence electrons. The van der Waals surface area contributed by atoms with Crippen LogP contribution in [0.5, 0.6) is 0 Å². The van der Waals surface area contributed by atoms with Crippen molar-refractivity contribution in [2.45, 2.75) is 63.7 Å². The van der Waals surface area contributed by atoms with Gasteiger partial charge in [-0.1, -0.05) is 0 Å². The van der Waals surface area contributed by atoms with E-state index in [2.05, 4.69) is 63.4 Å². The maximum absolute atomic E-state index is 13.8. The summed E-state index contributed by atoms with van der Waals surface area (Å²) in [4.78, 5) is 26.9. The van der Waals surface area contributed by atoms with E-state index in [1.807, 2.05) is 6.07 Å². The number of carbonyl (C=O) groups is 1. The predicted octanol–water partition coefficient (Wildman–Crippen LogP) is 4.70. The first-order valence-corrected chi connectivity index (χ1v) is 14.5. The highest BCUT2D eigenvalue weighted by atomic mass is 19.4. The molecule has 0 bridgehead atoms. The standard InChI is InChI=1S/C29H40F3N7O2/c1-19-17-39(18-20(2)37(19)3)22-7-8-25(23(15-22)21-5-6-21)35-28-34-16-24(29(30,31)32)27(36-28)33-10-4-11-38-12-14-41-13-9-26(38)40/h7-8,15-16,19-21H,4-6,9-14,17-18H2,1-3H3,(H2,33,34,35,36). The second-order valence-corrected chi connectivity index (χ2v) is 11.4. The quantitative estimate of drug-likeness (QED) is 0.417. The Morgan fingerprint density at radius 2 is 1.88 bits per heavy atom. The topological polar surface area (TPSA) is 85.9 Å². The zero-order valence-corrected chi connectivity index (χ0v) is 24.0. The van der Waals surface area contributed by atoms with E-state index in [1.165, 1.54) is 0 Å². The monoisotopic (exact) mass is 575 g/mol. The fraction of sp³-hybridized carbons (Fsp3) is 0.621. The number of carbonyl (C=O) groups excluding carboxylic acids is 1. The Kier molecular flexibility index (Phi) is 8.88. The molecule has 0 radical (unpaired) electrons. The van der Waals surface area contributed by atoms with E-state index in [9.17, 15) is 18.0 Å². The molecule has 41 heavy (non-hydrogen) atoms. The number of benzene rings is 1. The van der Waals surface area contributed by atoms with Crippen molar-refractivity contribution in [3.63, 3.8) is 0 Å². The maximum Gasteiger partial charge on any atom is 0.421 e. The van der Waals surface area contributed by atoms with E-state index in [1.54, 1.807) is 4.90 Å². The van der Waals surface area contributed by atoms with Gasteiger partial charge in [0.15, 0.2) is 0 Å². The zero-order chi connectivity index (χ0) is 29.1. The lowest BCUT2D eigenvalue weighted by Gasteiger charge is -2.43. The third kappa shape index (κ3) is 7.21. The van der Waals surface area contributed by atoms with Crippen LogP contribution in [0.15, 0.2) is 24.4 Å². The summed E-state index contributed by atoms with van der Waals surface area (Å²) in [6.07, 6.45) is -0.807. The molecule has 2 atom stereocenters. The first-order chi connectivity index (χ1) is 19.6. The first-order valence-electron chi connectivity index (χ1n) is 14.5. The summed E-state index contributed by atoms with van der Waals surface area (Å²) in [5.41, 5.74) is 2.21. The highest BCUT2D eigenvalue weighted by Gasteiger charge is 2.36. The molecule has 1 aromatic heterocycles. The number of hydrogen-bond donors (Lipinski definition) is 2. The Morgan fingerprint density at radius 1 is 1.12 bits per heavy atom. The predicted molar refractivity (Wildman–Crippen MR) is 153 cm³/mol. The molecule has 1 aromatic carbocycles. The smallest absolute Gasteiger partial charge is 0.379 e. The van der Waals surface area contributed by atoms with Gasteiger partial charge in [-0.3, -0.25) is 9.69 Å². The Balaban J connectivity index is 1.29. The Bertz CT molecular complexity index is 1210. The number of amides is 1. The molecule has 2 aliphatic heterocycles. The Morgan fingerprint density at radius 3 is 2.59 bits per heavy atom. The lowest BCUT2D eigenvalue weighted by Crippen LogP contribution is -2.55. The van der Waals surface area contributed by atoms with Gasteiger partial charge in [0, 0.05) is 62.4 Å². The largest absolute Gasteiger partial charge is 0.421 e. The summed E-state index contributed by atoms with van der Waals surface area (Å²) < 4.78 is 46.6. The first kappa shape index (κ1) is 29.4. The number of alkyl halides is 3. The molecule has 0 spiro atoms. The van der Waals surface area contributed by atoms with Gasteiger partial charge in [0.05, 0.1) is 19.6 Å². The number of rotatable bonds is 9. The van der Waals surface area contributed by atoms with E-state index in [0.717, 1.165) is 49.1 Å². The molecule has 1 amide bonds. The second-order valence-electron chi connectivity index (χ2n) is 11.4. The minimum atomic E-state index is -4.60. The molecule has 1 aliphatic carbocycles. The van der Waals surface area contributed by atoms with E-state index >= 15 is 0 Å². The minimum absolute atomic E-state index is 0.00105. The van der Waals surface area contributed by atoms with E-state index in [0.29, 0.717) is 57.1 Å². The molecule has 9 nitrogen and oxygen atoms in total. The van der Waals surface area contributed by atoms with Crippen molar-refractivity contribution in [2.75, 3.05) is 68.5 Å². The molecule has 12 heteroatoms. The SMILES string of the molecule is CC1CN(c2ccc(Nc3ncc(C(F)(F)F)c(NCCCN4CCOCCC4=O)n3)c(C3CC3)c2)CC(C)N1C. The van der Waals surface area contributed by atoms with Crippen LogP contribution in [0, 0.1) is 0 Å². The average molecular weight is 576 g/mol. The Labute approximate surface area is 239 Å². The number of piperazine rings is 1. The number of anilines is 4. The van der Waals surface area contributed by atoms with Crippen LogP contribution in [0.3, 0.4) is 0 Å². The molecule has 5 rings (SSSR count). The third-order valence-electron chi connectivity index (χ3n) is 8.33. The number of aromatic nitrogens is 2. The van der Waals surface area contributed by atoms with Crippen LogP contribution < -0.4 is 15.5 Å². The molecule has 2 saturated heterocycles. The summed E-state index contributed by atoms with van der Waals surface area (Å²) in [5, 5.41) is 6.04. The molecule has 3 heterocycles. The van der Waals surface area contributed by atoms with E-state index in [-0.39, 0.29) is 24.2 Å². The van der Waals surface area contributed by atoms with Crippen LogP contribution in [-0.4, -0.2) is 90.7 Å². The van der Waals surface area contributed by atoms with Gasteiger partial charge in [-0.25, -0.2) is 4.98 Å². The number of nitrogens with zero attached hydrogens (tertiary/aromatic N) is 5. The summed E-state index contributed by atoms with van der Waals surface area (Å²) >= 11 is 0. The fourth-order valence-corrected chi connectivity index (χ4v) is 5.55. The molecule has 2 aromatic rings. The van der Waals surface area contributed by atoms with E-state index < -0.39 is 11.7 Å². The fourth-order valence-electron chi connectivity index (χ4n) is 5.55. The van der Waals surface area contributed by atoms with Crippen LogP contribution in [-0.2, 0) is 15.7 Å². The molecule has 3 fully saturated rings. The molecule has 1 saturated carbocycles. The highest BCUT2D eigenvalue weighted by Crippen LogP contribution is 2.45. The average Bonchev–Trinajstić information content (AvgIpc) is 3.78. The number of hydrogen-bond acceptors (Lipinski definition) is 8. The maximum atomic E-state index is 13.8. The third-order valence-corrected chi connectivity index (χ3v) is 8.33. The summed E-state index contributed by atoms with van der Waals surface area (Å²) in [7, 11) is 2.16. The van der Waals surface area contributed by atoms with Gasteiger partial charge in [-0.2, -0.15) is 18.2 Å². The molecular formula is C29H40F3N7O2. The van der Waals surface area contributed by atoms with Crippen molar-refractivity contribution in [2.24, 2.45) is 0 Å². The number of ether oxygens (including phenoxy) is 1. The van der Waals surface area contributed by atoms with E-state index in [4.69, 9.17) is 4.74 Å². The highest BCUT2D eigenvalue weighted by molar-refractivity contribution is 5.76. The number of nitrogens with one attached hydrogen (secondary N) is 2. The van der Waals surface area contributed by atoms with Crippen molar-refractivity contribution in [1.82, 2.24) is 19.8 Å². The van der Waals surface area contributed by atoms with Crippen molar-refractivity contribution in [1.29, 1.82) is 0 Å². The number of likely N-dealkylation sites (N-methyl/N-ethyl adjacent to an activating group) is 1. The second kappa shape index (κ2) is 12.4. The van der Waals surface area contributed by atoms with Gasteiger partial charge >= 0.3 is 6.18 Å². The van der Waals surface area contributed by atoms with Gasteiger partial charge in [-0.15, -0.1) is 0 Å². The van der Waals surface area contributed by atoms with Crippen molar-refractivity contribution >= 4 is 29.0 Å². The van der Waals surface area contributed by atoms with Crippen LogP contribution in [0.25, 0.3) is 0 Å². The summed E-state index contributed by atoms with van der Waals surface area (Å²) in [6.45, 7) is 8.37. The van der Waals surface area contributed by atoms with Gasteiger partial charge < -0.3 is 25.2 Å². The normalized spacial score (nSPS) is 22.5. The molecule has 3 aliphatic rings. The lowest BCUT2D eigenvalue weighted by atomic mass is 10.0. The Hall–Kier alpha value is -3.12. The van der Waals surface area contributed by atoms with Crippen LogP contribution in [0.4, 0.5) is 36.3 Å². The lowest BCUT2D eigenvalue weighted by molar-refractivity contribution is -0.137. The molecule has 2 unspecified atom stereocenters. The van der Waals surface area contributed by atoms with Crippen molar-refractivity contribution in [3.05, 3.63) is 35.5 Å². The van der Waals surface area contributed by atoms with Crippen molar-refractivity contribution < 1.29 is 22.7 Å². The zero-order valence-electron chi connectivity index (χ0n) is 24.0. The van der Waals surface area contributed by atoms with Crippen LogP contribution in [0.1, 0.15) is 56.6 Å². The minimum Gasteiger partial charge on any atom is -0.379 e. The molecular weight excluding hydrogens is 535 g/mol. The van der Waals surface area contributed by atoms with Crippen LogP contribution >= 0.6 is 0 Å². The van der Waals surface area contributed by atoms with Crippen molar-refractivity contribution in [3.8, 4) is 0 Å². The molecule has 2 N–H and O–H groups in total. The summed E-state index contributed by atoms with van der Waals surface area (Å²) in [6, 6.07) is 7.14. The van der Waals surface area contributed by atoms with Gasteiger partial charge in [0.1, 0.15) is 11.4 Å².